The molecule has 0 aromatic rings. The summed E-state index contributed by atoms with van der Waals surface area (Å²) in [5, 5.41) is 0. The monoisotopic (exact) mass is 296 g/mol. The molecule has 0 aromatic heterocycles. The fourth-order valence-electron chi connectivity index (χ4n) is 0. The summed E-state index contributed by atoms with van der Waals surface area (Å²) in [6.45, 7) is 0. The van der Waals surface area contributed by atoms with Crippen LogP contribution in [-0.4, -0.2) is 24.7 Å². The van der Waals surface area contributed by atoms with Gasteiger partial charge in [0, 0.05) is 0 Å². The van der Waals surface area contributed by atoms with Crippen LogP contribution < -0.4 is 0 Å². The summed E-state index contributed by atoms with van der Waals surface area (Å²) in [4.78, 5) is 0. The molecular formula is CH5BiCl2. The second-order valence-corrected chi connectivity index (χ2v) is 0. The van der Waals surface area contributed by atoms with Crippen LogP contribution in [0, 0.1) is 0 Å². The number of rotatable bonds is 0. The Kier molecular flexibility index (Phi) is 112. The first-order valence-electron chi connectivity index (χ1n) is 0.447. The zero-order chi connectivity index (χ0) is 2.00. The van der Waals surface area contributed by atoms with Gasteiger partial charge >= 0.3 is 29.4 Å². The van der Waals surface area contributed by atoms with Crippen molar-refractivity contribution in [2.24, 2.45) is 0 Å². The molecule has 0 heterocycles. The van der Waals surface area contributed by atoms with Crippen molar-refractivity contribution in [3.63, 3.8) is 0 Å². The summed E-state index contributed by atoms with van der Waals surface area (Å²) >= 11 is 1.44. The molecule has 0 bridgehead atoms. The molecule has 4 heavy (non-hydrogen) atoms. The van der Waals surface area contributed by atoms with Crippen LogP contribution in [0.3, 0.4) is 0 Å². The van der Waals surface area contributed by atoms with E-state index in [1.165, 1.54) is 24.7 Å². The van der Waals surface area contributed by atoms with E-state index in [-0.39, 0.29) is 24.8 Å². The van der Waals surface area contributed by atoms with Gasteiger partial charge in [-0.3, -0.25) is 0 Å². The first kappa shape index (κ1) is 17.9. The Bertz CT molecular complexity index is 6.00. The van der Waals surface area contributed by atoms with Crippen LogP contribution in [0.5, 0.6) is 0 Å². The van der Waals surface area contributed by atoms with Gasteiger partial charge in [-0.25, -0.2) is 0 Å². The Morgan fingerprint density at radius 2 is 1.00 bits per heavy atom. The average Bonchev–Trinajstić information content (AvgIpc) is 1.00. The minimum atomic E-state index is 0. The summed E-state index contributed by atoms with van der Waals surface area (Å²) in [7, 11) is 0. The third kappa shape index (κ3) is 9.81. The molecule has 0 aliphatic rings. The van der Waals surface area contributed by atoms with Crippen LogP contribution in [0.2, 0.25) is 4.63 Å². The van der Waals surface area contributed by atoms with Crippen LogP contribution >= 0.6 is 24.8 Å². The minimum absolute atomic E-state index is 0. The molecule has 0 atom stereocenters. The predicted octanol–water partition coefficient (Wildman–Crippen LogP) is 1.05. The Hall–Kier alpha value is 1.46. The molecule has 0 N–H and O–H groups in total. The zero-order valence-electron chi connectivity index (χ0n) is 2.26. The summed E-state index contributed by atoms with van der Waals surface area (Å²) in [6.07, 6.45) is 0. The molecule has 0 nitrogen and oxygen atoms in total. The van der Waals surface area contributed by atoms with E-state index in [4.69, 9.17) is 0 Å². The normalized spacial score (nSPS) is 1.50. The third-order valence-corrected chi connectivity index (χ3v) is 0. The number of hydrogen-bond donors (Lipinski definition) is 0. The fourth-order valence-corrected chi connectivity index (χ4v) is 0. The molecule has 0 amide bonds. The molecular weight excluding hydrogens is 292 g/mol. The Labute approximate surface area is 54.0 Å². The molecule has 0 aliphatic heterocycles. The molecule has 3 heteroatoms. The van der Waals surface area contributed by atoms with Gasteiger partial charge in [-0.05, 0) is 0 Å². The van der Waals surface area contributed by atoms with E-state index in [9.17, 15) is 0 Å². The van der Waals surface area contributed by atoms with Gasteiger partial charge in [0.25, 0.3) is 0 Å². The maximum atomic E-state index is 2.11. The van der Waals surface area contributed by atoms with E-state index in [1.807, 2.05) is 0 Å². The van der Waals surface area contributed by atoms with Gasteiger partial charge in [-0.2, -0.15) is 0 Å². The van der Waals surface area contributed by atoms with Gasteiger partial charge in [0.1, 0.15) is 0 Å². The van der Waals surface area contributed by atoms with Crippen LogP contribution in [0.25, 0.3) is 0 Å². The summed E-state index contributed by atoms with van der Waals surface area (Å²) in [6, 6.07) is 0. The molecule has 0 rings (SSSR count). The first-order valence-corrected chi connectivity index (χ1v) is 3.92. The second kappa shape index (κ2) is 25.0. The molecule has 28 valence electrons. The zero-order valence-corrected chi connectivity index (χ0v) is 7.37. The van der Waals surface area contributed by atoms with E-state index >= 15 is 0 Å². The van der Waals surface area contributed by atoms with Gasteiger partial charge < -0.3 is 0 Å². The van der Waals surface area contributed by atoms with Crippen molar-refractivity contribution >= 4 is 49.5 Å². The third-order valence-electron chi connectivity index (χ3n) is 0. The van der Waals surface area contributed by atoms with Crippen molar-refractivity contribution < 1.29 is 0 Å². The van der Waals surface area contributed by atoms with Gasteiger partial charge in [0.05, 0.1) is 0 Å². The molecule has 0 fully saturated rings. The Balaban J connectivity index is -0.00000000500. The van der Waals surface area contributed by atoms with E-state index in [0.29, 0.717) is 0 Å². The standard InChI is InChI=1S/CH3.Bi.2ClH/h1H3;;2*1H. The van der Waals surface area contributed by atoms with Crippen LogP contribution in [0.1, 0.15) is 0 Å². The second-order valence-electron chi connectivity index (χ2n) is 0. The van der Waals surface area contributed by atoms with E-state index in [1.54, 1.807) is 0 Å². The molecule has 0 aliphatic carbocycles. The van der Waals surface area contributed by atoms with Crippen LogP contribution in [0.4, 0.5) is 0 Å². The van der Waals surface area contributed by atoms with Crippen molar-refractivity contribution in [1.29, 1.82) is 0 Å². The van der Waals surface area contributed by atoms with Crippen molar-refractivity contribution in [3.8, 4) is 0 Å². The summed E-state index contributed by atoms with van der Waals surface area (Å²) in [5.41, 5.74) is 0. The quantitative estimate of drug-likeness (QED) is 0.586. The molecule has 0 spiro atoms. The molecule has 0 saturated heterocycles. The molecule has 2 radical (unpaired) electrons. The topological polar surface area (TPSA) is 0 Å². The van der Waals surface area contributed by atoms with Crippen molar-refractivity contribution in [2.45, 2.75) is 4.63 Å². The van der Waals surface area contributed by atoms with Gasteiger partial charge in [-0.1, -0.05) is 0 Å². The fraction of sp³-hybridized carbons (Fsp3) is 1.00. The van der Waals surface area contributed by atoms with Gasteiger partial charge in [0.15, 0.2) is 0 Å². The molecule has 0 aromatic carbocycles. The number of halogens is 2. The number of hydrogen-bond acceptors (Lipinski definition) is 0. The van der Waals surface area contributed by atoms with Gasteiger partial charge in [0.2, 0.25) is 0 Å². The van der Waals surface area contributed by atoms with Crippen molar-refractivity contribution in [1.82, 2.24) is 0 Å². The van der Waals surface area contributed by atoms with Crippen molar-refractivity contribution in [3.05, 3.63) is 0 Å². The van der Waals surface area contributed by atoms with E-state index in [0.717, 1.165) is 0 Å². The average molecular weight is 297 g/mol. The van der Waals surface area contributed by atoms with E-state index < -0.39 is 0 Å². The van der Waals surface area contributed by atoms with Crippen LogP contribution in [0.15, 0.2) is 0 Å². The maximum absolute atomic E-state index is 2.11. The Morgan fingerprint density at radius 3 is 1.00 bits per heavy atom. The summed E-state index contributed by atoms with van der Waals surface area (Å²) in [5.74, 6) is 0. The molecule has 0 saturated carbocycles. The predicted molar refractivity (Wildman–Crippen MR) is 26.1 cm³/mol. The Morgan fingerprint density at radius 1 is 1.00 bits per heavy atom. The first-order chi connectivity index (χ1) is 1.00. The summed E-state index contributed by atoms with van der Waals surface area (Å²) < 4.78 is 2.11. The van der Waals surface area contributed by atoms with Crippen LogP contribution in [-0.2, 0) is 0 Å². The SMILES string of the molecule is Cl.Cl.[CH3][Bi]. The van der Waals surface area contributed by atoms with E-state index in [2.05, 4.69) is 4.63 Å². The van der Waals surface area contributed by atoms with Gasteiger partial charge in [-0.15, -0.1) is 24.8 Å². The molecule has 0 unspecified atom stereocenters. The van der Waals surface area contributed by atoms with Crippen molar-refractivity contribution in [2.75, 3.05) is 0 Å².